The molecule has 8 heteroatoms. The van der Waals surface area contributed by atoms with Crippen LogP contribution in [-0.2, 0) is 17.6 Å². The second-order valence-electron chi connectivity index (χ2n) is 7.98. The van der Waals surface area contributed by atoms with E-state index in [-0.39, 0.29) is 22.9 Å². The molecule has 0 unspecified atom stereocenters. The van der Waals surface area contributed by atoms with Crippen molar-refractivity contribution in [2.75, 3.05) is 6.61 Å². The van der Waals surface area contributed by atoms with Crippen molar-refractivity contribution in [3.05, 3.63) is 74.3 Å². The standard InChI is InChI=1S/C26H21N3O4S/c1-2-32-26(31)16-9-7-15(8-10-16)20-12-11-18(33-20)13-17(14-27)23-28-24(30)22-19-5-3-4-6-21(19)34-25(22)29-23/h7-13H,2-6H2,1H3,(H,28,29,30)/b17-13+. The van der Waals surface area contributed by atoms with Crippen molar-refractivity contribution in [3.8, 4) is 17.4 Å². The molecule has 0 atom stereocenters. The molecule has 0 bridgehead atoms. The first-order chi connectivity index (χ1) is 16.6. The lowest BCUT2D eigenvalue weighted by molar-refractivity contribution is 0.0526. The number of nitrogens with zero attached hydrogens (tertiary/aromatic N) is 2. The van der Waals surface area contributed by atoms with E-state index in [1.807, 2.05) is 0 Å². The molecule has 0 spiro atoms. The number of hydrogen-bond donors (Lipinski definition) is 1. The van der Waals surface area contributed by atoms with Crippen molar-refractivity contribution in [2.45, 2.75) is 32.6 Å². The number of carbonyl (C=O) groups excluding carboxylic acids is 1. The van der Waals surface area contributed by atoms with Gasteiger partial charge < -0.3 is 14.1 Å². The van der Waals surface area contributed by atoms with Gasteiger partial charge in [0, 0.05) is 16.5 Å². The summed E-state index contributed by atoms with van der Waals surface area (Å²) >= 11 is 1.55. The van der Waals surface area contributed by atoms with E-state index in [0.29, 0.717) is 33.9 Å². The number of aromatic amines is 1. The monoisotopic (exact) mass is 471 g/mol. The van der Waals surface area contributed by atoms with Crippen molar-refractivity contribution in [1.82, 2.24) is 9.97 Å². The SMILES string of the molecule is CCOC(=O)c1ccc(-c2ccc(/C=C(\C#N)c3nc4sc5c(c4c(=O)[nH]3)CCCC5)o2)cc1. The number of H-pyrrole nitrogens is 1. The number of allylic oxidation sites excluding steroid dienone is 1. The van der Waals surface area contributed by atoms with Gasteiger partial charge in [-0.05, 0) is 62.4 Å². The molecular formula is C26H21N3O4S. The number of nitrogens with one attached hydrogen (secondary N) is 1. The third-order valence-electron chi connectivity index (χ3n) is 5.79. The minimum Gasteiger partial charge on any atom is -0.462 e. The Labute approximate surface area is 199 Å². The minimum absolute atomic E-state index is 0.206. The summed E-state index contributed by atoms with van der Waals surface area (Å²) in [6.07, 6.45) is 5.64. The molecule has 3 aromatic heterocycles. The third-order valence-corrected chi connectivity index (χ3v) is 6.98. The van der Waals surface area contributed by atoms with E-state index >= 15 is 0 Å². The molecular weight excluding hydrogens is 450 g/mol. The quantitative estimate of drug-likeness (QED) is 0.310. The van der Waals surface area contributed by atoms with Crippen LogP contribution in [0.4, 0.5) is 0 Å². The zero-order valence-electron chi connectivity index (χ0n) is 18.5. The number of aromatic nitrogens is 2. The molecule has 0 amide bonds. The number of nitriles is 1. The van der Waals surface area contributed by atoms with Gasteiger partial charge in [0.1, 0.15) is 22.4 Å². The minimum atomic E-state index is -0.374. The molecule has 0 radical (unpaired) electrons. The molecule has 1 aliphatic carbocycles. The van der Waals surface area contributed by atoms with Crippen LogP contribution < -0.4 is 5.56 Å². The number of rotatable bonds is 5. The van der Waals surface area contributed by atoms with Gasteiger partial charge in [0.2, 0.25) is 0 Å². The number of furan rings is 1. The molecule has 7 nitrogen and oxygen atoms in total. The predicted molar refractivity (Wildman–Crippen MR) is 130 cm³/mol. The fourth-order valence-corrected chi connectivity index (χ4v) is 5.42. The number of benzene rings is 1. The van der Waals surface area contributed by atoms with Gasteiger partial charge in [0.05, 0.1) is 23.1 Å². The second kappa shape index (κ2) is 9.12. The number of esters is 1. The fraction of sp³-hybridized carbons (Fsp3) is 0.231. The number of aryl methyl sites for hydroxylation is 2. The van der Waals surface area contributed by atoms with E-state index < -0.39 is 0 Å². The Kier molecular flexibility index (Phi) is 5.86. The zero-order chi connectivity index (χ0) is 23.7. The highest BCUT2D eigenvalue weighted by Gasteiger charge is 2.20. The largest absolute Gasteiger partial charge is 0.462 e. The Morgan fingerprint density at radius 3 is 2.79 bits per heavy atom. The summed E-state index contributed by atoms with van der Waals surface area (Å²) in [5.74, 6) is 0.896. The first kappa shape index (κ1) is 21.9. The molecule has 1 aliphatic rings. The molecule has 3 heterocycles. The summed E-state index contributed by atoms with van der Waals surface area (Å²) in [6, 6.07) is 12.6. The predicted octanol–water partition coefficient (Wildman–Crippen LogP) is 5.36. The highest BCUT2D eigenvalue weighted by atomic mass is 32.1. The van der Waals surface area contributed by atoms with Crippen LogP contribution in [0.15, 0.2) is 45.6 Å². The maximum atomic E-state index is 12.8. The maximum absolute atomic E-state index is 12.8. The summed E-state index contributed by atoms with van der Waals surface area (Å²) in [4.78, 5) is 34.0. The van der Waals surface area contributed by atoms with Crippen LogP contribution in [0.25, 0.3) is 33.2 Å². The van der Waals surface area contributed by atoms with Gasteiger partial charge in [-0.1, -0.05) is 12.1 Å². The topological polar surface area (TPSA) is 109 Å². The lowest BCUT2D eigenvalue weighted by atomic mass is 9.97. The van der Waals surface area contributed by atoms with Crippen molar-refractivity contribution < 1.29 is 13.9 Å². The van der Waals surface area contributed by atoms with Gasteiger partial charge in [-0.2, -0.15) is 5.26 Å². The van der Waals surface area contributed by atoms with E-state index in [2.05, 4.69) is 16.0 Å². The van der Waals surface area contributed by atoms with E-state index in [9.17, 15) is 14.9 Å². The zero-order valence-corrected chi connectivity index (χ0v) is 19.3. The molecule has 1 aromatic carbocycles. The van der Waals surface area contributed by atoms with Crippen LogP contribution in [0.5, 0.6) is 0 Å². The normalized spacial score (nSPS) is 13.5. The second-order valence-corrected chi connectivity index (χ2v) is 9.06. The highest BCUT2D eigenvalue weighted by Crippen LogP contribution is 2.34. The Morgan fingerprint density at radius 2 is 2.03 bits per heavy atom. The van der Waals surface area contributed by atoms with E-state index in [4.69, 9.17) is 9.15 Å². The van der Waals surface area contributed by atoms with Crippen molar-refractivity contribution >= 4 is 39.2 Å². The Hall–Kier alpha value is -3.96. The number of fused-ring (bicyclic) bond motifs is 3. The number of hydrogen-bond acceptors (Lipinski definition) is 7. The summed E-state index contributed by atoms with van der Waals surface area (Å²) in [5, 5.41) is 10.4. The Bertz CT molecular complexity index is 1520. The summed E-state index contributed by atoms with van der Waals surface area (Å²) in [6.45, 7) is 2.08. The Balaban J connectivity index is 1.44. The number of ether oxygens (including phenoxy) is 1. The van der Waals surface area contributed by atoms with Gasteiger partial charge in [0.15, 0.2) is 5.82 Å². The molecule has 0 aliphatic heterocycles. The first-order valence-corrected chi connectivity index (χ1v) is 11.9. The highest BCUT2D eigenvalue weighted by molar-refractivity contribution is 7.18. The summed E-state index contributed by atoms with van der Waals surface area (Å²) in [5.41, 5.74) is 2.36. The first-order valence-electron chi connectivity index (χ1n) is 11.1. The van der Waals surface area contributed by atoms with Crippen molar-refractivity contribution in [2.24, 2.45) is 0 Å². The summed E-state index contributed by atoms with van der Waals surface area (Å²) in [7, 11) is 0. The smallest absolute Gasteiger partial charge is 0.338 e. The van der Waals surface area contributed by atoms with Gasteiger partial charge in [0.25, 0.3) is 5.56 Å². The van der Waals surface area contributed by atoms with Gasteiger partial charge in [-0.15, -0.1) is 11.3 Å². The molecule has 4 aromatic rings. The molecule has 170 valence electrons. The number of thiophene rings is 1. The molecule has 1 N–H and O–H groups in total. The van der Waals surface area contributed by atoms with Gasteiger partial charge in [-0.3, -0.25) is 4.79 Å². The van der Waals surface area contributed by atoms with Crippen molar-refractivity contribution in [1.29, 1.82) is 5.26 Å². The molecule has 34 heavy (non-hydrogen) atoms. The van der Waals surface area contributed by atoms with Crippen molar-refractivity contribution in [3.63, 3.8) is 0 Å². The average molecular weight is 472 g/mol. The van der Waals surface area contributed by atoms with Crippen LogP contribution >= 0.6 is 11.3 Å². The lowest BCUT2D eigenvalue weighted by Crippen LogP contribution is -2.12. The van der Waals surface area contributed by atoms with Crippen LogP contribution in [0.2, 0.25) is 0 Å². The van der Waals surface area contributed by atoms with Crippen LogP contribution in [0.3, 0.4) is 0 Å². The molecule has 0 saturated carbocycles. The van der Waals surface area contributed by atoms with Crippen LogP contribution in [0, 0.1) is 11.3 Å². The van der Waals surface area contributed by atoms with E-state index in [0.717, 1.165) is 36.8 Å². The van der Waals surface area contributed by atoms with Crippen LogP contribution in [0.1, 0.15) is 52.1 Å². The molecule has 5 rings (SSSR count). The van der Waals surface area contributed by atoms with E-state index in [1.165, 1.54) is 4.88 Å². The van der Waals surface area contributed by atoms with Gasteiger partial charge in [-0.25, -0.2) is 9.78 Å². The lowest BCUT2D eigenvalue weighted by Gasteiger charge is -2.09. The maximum Gasteiger partial charge on any atom is 0.338 e. The average Bonchev–Trinajstić information content (AvgIpc) is 3.47. The Morgan fingerprint density at radius 1 is 1.24 bits per heavy atom. The van der Waals surface area contributed by atoms with E-state index in [1.54, 1.807) is 60.7 Å². The van der Waals surface area contributed by atoms with Gasteiger partial charge >= 0.3 is 5.97 Å². The fourth-order valence-electron chi connectivity index (χ4n) is 4.16. The van der Waals surface area contributed by atoms with Crippen LogP contribution in [-0.4, -0.2) is 22.5 Å². The third kappa shape index (κ3) is 4.06. The molecule has 0 fully saturated rings. The number of carbonyl (C=O) groups is 1. The summed E-state index contributed by atoms with van der Waals surface area (Å²) < 4.78 is 10.9. The molecule has 0 saturated heterocycles.